The van der Waals surface area contributed by atoms with E-state index in [2.05, 4.69) is 62.2 Å². The summed E-state index contributed by atoms with van der Waals surface area (Å²) in [7, 11) is 2.14. The van der Waals surface area contributed by atoms with Crippen molar-refractivity contribution in [3.8, 4) is 0 Å². The highest BCUT2D eigenvalue weighted by molar-refractivity contribution is 7.12. The van der Waals surface area contributed by atoms with Gasteiger partial charge in [0.2, 0.25) is 0 Å². The van der Waals surface area contributed by atoms with E-state index < -0.39 is 0 Å². The summed E-state index contributed by atoms with van der Waals surface area (Å²) in [5.41, 5.74) is 2.45. The summed E-state index contributed by atoms with van der Waals surface area (Å²) in [6, 6.07) is 13.3. The molecular weight excluding hydrogens is 288 g/mol. The molecule has 0 N–H and O–H groups in total. The number of aryl methyl sites for hydroxylation is 1. The first kappa shape index (κ1) is 15.1. The van der Waals surface area contributed by atoms with Gasteiger partial charge in [0, 0.05) is 16.8 Å². The van der Waals surface area contributed by atoms with E-state index >= 15 is 0 Å². The first-order chi connectivity index (χ1) is 9.15. The zero-order chi connectivity index (χ0) is 13.4. The normalized spacial score (nSPS) is 17.9. The minimum Gasteiger partial charge on any atom is -0.355 e. The topological polar surface area (TPSA) is 15.6 Å². The minimum absolute atomic E-state index is 0. The van der Waals surface area contributed by atoms with Crippen LogP contribution in [-0.4, -0.2) is 17.8 Å². The number of likely N-dealkylation sites (N-methyl/N-ethyl adjacent to an activating group) is 1. The van der Waals surface area contributed by atoms with Crippen molar-refractivity contribution in [3.63, 3.8) is 0 Å². The van der Waals surface area contributed by atoms with Crippen molar-refractivity contribution in [2.24, 2.45) is 4.99 Å². The zero-order valence-corrected chi connectivity index (χ0v) is 13.6. The van der Waals surface area contributed by atoms with Crippen LogP contribution >= 0.6 is 23.7 Å². The first-order valence-electron chi connectivity index (χ1n) is 6.57. The van der Waals surface area contributed by atoms with Gasteiger partial charge in [-0.15, -0.1) is 23.7 Å². The number of rotatable bonds is 1. The molecular formula is C16H19ClN2S. The van der Waals surface area contributed by atoms with Crippen molar-refractivity contribution in [3.05, 3.63) is 51.7 Å². The molecule has 1 aromatic heterocycles. The largest absolute Gasteiger partial charge is 0.355 e. The van der Waals surface area contributed by atoms with Crippen LogP contribution in [0.5, 0.6) is 0 Å². The van der Waals surface area contributed by atoms with E-state index in [1.54, 1.807) is 0 Å². The second-order valence-electron chi connectivity index (χ2n) is 5.07. The molecule has 106 valence electrons. The molecule has 0 spiro atoms. The molecule has 2 nitrogen and oxygen atoms in total. The Kier molecular flexibility index (Phi) is 4.51. The molecule has 1 aliphatic rings. The van der Waals surface area contributed by atoms with Gasteiger partial charge in [-0.1, -0.05) is 18.2 Å². The third-order valence-electron chi connectivity index (χ3n) is 3.75. The molecule has 0 aliphatic carbocycles. The Morgan fingerprint density at radius 2 is 1.90 bits per heavy atom. The lowest BCUT2D eigenvalue weighted by molar-refractivity contribution is 0.380. The molecule has 0 fully saturated rings. The molecule has 1 aliphatic heterocycles. The number of aliphatic imine (C=N–C) groups is 1. The molecule has 2 aromatic rings. The fourth-order valence-corrected chi connectivity index (χ4v) is 3.56. The van der Waals surface area contributed by atoms with Crippen molar-refractivity contribution in [2.45, 2.75) is 26.3 Å². The van der Waals surface area contributed by atoms with Crippen LogP contribution in [0.1, 0.15) is 28.3 Å². The van der Waals surface area contributed by atoms with Crippen molar-refractivity contribution in [2.75, 3.05) is 7.05 Å². The second-order valence-corrected chi connectivity index (χ2v) is 6.39. The van der Waals surface area contributed by atoms with Gasteiger partial charge in [-0.3, -0.25) is 0 Å². The lowest BCUT2D eigenvalue weighted by atomic mass is 10.0. The Balaban J connectivity index is 0.00000147. The summed E-state index contributed by atoms with van der Waals surface area (Å²) in [6.07, 6.45) is 1.02. The molecule has 4 heteroatoms. The highest BCUT2D eigenvalue weighted by Gasteiger charge is 2.24. The predicted octanol–water partition coefficient (Wildman–Crippen LogP) is 4.76. The third-order valence-corrected chi connectivity index (χ3v) is 4.86. The number of para-hydroxylation sites is 1. The molecule has 0 saturated heterocycles. The van der Waals surface area contributed by atoms with E-state index in [1.165, 1.54) is 15.3 Å². The second kappa shape index (κ2) is 5.98. The molecule has 0 saturated carbocycles. The molecule has 0 amide bonds. The maximum Gasteiger partial charge on any atom is 0.102 e. The minimum atomic E-state index is 0. The van der Waals surface area contributed by atoms with Gasteiger partial charge in [0.1, 0.15) is 5.84 Å². The Labute approximate surface area is 130 Å². The van der Waals surface area contributed by atoms with Gasteiger partial charge in [-0.2, -0.15) is 0 Å². The number of hydrogen-bond donors (Lipinski definition) is 0. The van der Waals surface area contributed by atoms with E-state index in [-0.39, 0.29) is 12.4 Å². The van der Waals surface area contributed by atoms with Crippen LogP contribution in [0.25, 0.3) is 0 Å². The molecule has 0 bridgehead atoms. The first-order valence-corrected chi connectivity index (χ1v) is 7.39. The monoisotopic (exact) mass is 306 g/mol. The van der Waals surface area contributed by atoms with Crippen LogP contribution in [0.2, 0.25) is 0 Å². The highest BCUT2D eigenvalue weighted by Crippen LogP contribution is 2.35. The van der Waals surface area contributed by atoms with E-state index in [0.717, 1.165) is 17.9 Å². The quantitative estimate of drug-likeness (QED) is 0.742. The van der Waals surface area contributed by atoms with Crippen LogP contribution in [-0.2, 0) is 6.42 Å². The Morgan fingerprint density at radius 1 is 1.15 bits per heavy atom. The van der Waals surface area contributed by atoms with Crippen molar-refractivity contribution in [1.82, 2.24) is 4.90 Å². The summed E-state index contributed by atoms with van der Waals surface area (Å²) in [5.74, 6) is 1.08. The molecule has 3 rings (SSSR count). The zero-order valence-electron chi connectivity index (χ0n) is 12.0. The number of amidine groups is 1. The number of fused-ring (bicyclic) bond motifs is 1. The van der Waals surface area contributed by atoms with Crippen LogP contribution in [0.4, 0.5) is 5.69 Å². The third kappa shape index (κ3) is 2.74. The number of nitrogens with zero attached hydrogens (tertiary/aromatic N) is 2. The van der Waals surface area contributed by atoms with E-state index in [0.29, 0.717) is 6.04 Å². The smallest absolute Gasteiger partial charge is 0.102 e. The lowest BCUT2D eigenvalue weighted by Crippen LogP contribution is -2.28. The fourth-order valence-electron chi connectivity index (χ4n) is 2.54. The molecule has 20 heavy (non-hydrogen) atoms. The fraction of sp³-hybridized carbons (Fsp3) is 0.312. The van der Waals surface area contributed by atoms with Gasteiger partial charge < -0.3 is 4.90 Å². The Hall–Kier alpha value is -1.32. The molecule has 0 radical (unpaired) electrons. The summed E-state index contributed by atoms with van der Waals surface area (Å²) < 4.78 is 0. The molecule has 2 heterocycles. The lowest BCUT2D eigenvalue weighted by Gasteiger charge is -2.27. The molecule has 1 aromatic carbocycles. The summed E-state index contributed by atoms with van der Waals surface area (Å²) in [5, 5.41) is 0. The average Bonchev–Trinajstić information content (AvgIpc) is 2.78. The number of benzene rings is 1. The Morgan fingerprint density at radius 3 is 2.60 bits per heavy atom. The SMILES string of the molecule is CC1=Nc2ccccc2CC(c2ccc(C)s2)N1C.Cl. The average molecular weight is 307 g/mol. The van der Waals surface area contributed by atoms with E-state index in [4.69, 9.17) is 4.99 Å². The summed E-state index contributed by atoms with van der Waals surface area (Å²) in [6.45, 7) is 4.26. The number of thiophene rings is 1. The maximum atomic E-state index is 4.75. The standard InChI is InChI=1S/C16H18N2S.ClH/c1-11-8-9-16(19-11)15-10-13-6-4-5-7-14(13)17-12(2)18(15)3;/h4-9,15H,10H2,1-3H3;1H. The summed E-state index contributed by atoms with van der Waals surface area (Å²) >= 11 is 1.89. The van der Waals surface area contributed by atoms with Crippen LogP contribution in [0.15, 0.2) is 41.4 Å². The van der Waals surface area contributed by atoms with E-state index in [1.807, 2.05) is 11.3 Å². The van der Waals surface area contributed by atoms with Crippen molar-refractivity contribution >= 4 is 35.3 Å². The van der Waals surface area contributed by atoms with Crippen LogP contribution in [0.3, 0.4) is 0 Å². The summed E-state index contributed by atoms with van der Waals surface area (Å²) in [4.78, 5) is 9.84. The number of hydrogen-bond acceptors (Lipinski definition) is 3. The highest BCUT2D eigenvalue weighted by atomic mass is 35.5. The van der Waals surface area contributed by atoms with E-state index in [9.17, 15) is 0 Å². The molecule has 1 unspecified atom stereocenters. The maximum absolute atomic E-state index is 4.75. The van der Waals surface area contributed by atoms with Crippen molar-refractivity contribution < 1.29 is 0 Å². The van der Waals surface area contributed by atoms with Crippen LogP contribution < -0.4 is 0 Å². The van der Waals surface area contributed by atoms with Gasteiger partial charge in [-0.25, -0.2) is 4.99 Å². The van der Waals surface area contributed by atoms with Gasteiger partial charge >= 0.3 is 0 Å². The predicted molar refractivity (Wildman–Crippen MR) is 89.7 cm³/mol. The van der Waals surface area contributed by atoms with Gasteiger partial charge in [0.25, 0.3) is 0 Å². The van der Waals surface area contributed by atoms with Gasteiger partial charge in [-0.05, 0) is 44.0 Å². The molecule has 1 atom stereocenters. The Bertz CT molecular complexity index is 633. The van der Waals surface area contributed by atoms with Gasteiger partial charge in [0.05, 0.1) is 11.7 Å². The van der Waals surface area contributed by atoms with Crippen LogP contribution in [0, 0.1) is 6.92 Å². The van der Waals surface area contributed by atoms with Gasteiger partial charge in [0.15, 0.2) is 0 Å². The number of halogens is 1. The van der Waals surface area contributed by atoms with Crippen molar-refractivity contribution in [1.29, 1.82) is 0 Å².